The number of aryl methyl sites for hydroxylation is 1. The quantitative estimate of drug-likeness (QED) is 0.872. The number of aromatic nitrogens is 1. The standard InChI is InChI=1S/C15H19NO/c1-4-10(2)15(17)13-9-11(3)16-14-8-6-5-7-12(13)14/h5-10,15,17H,4H2,1-3H3. The number of pyridine rings is 1. The van der Waals surface area contributed by atoms with Gasteiger partial charge in [-0.05, 0) is 30.5 Å². The Bertz CT molecular complexity index is 521. The predicted octanol–water partition coefficient (Wildman–Crippen LogP) is 3.62. The van der Waals surface area contributed by atoms with Gasteiger partial charge in [0.15, 0.2) is 0 Å². The number of hydrogen-bond donors (Lipinski definition) is 1. The van der Waals surface area contributed by atoms with Gasteiger partial charge >= 0.3 is 0 Å². The molecule has 0 aliphatic heterocycles. The average molecular weight is 229 g/mol. The number of aliphatic hydroxyl groups is 1. The van der Waals surface area contributed by atoms with Crippen molar-refractivity contribution < 1.29 is 5.11 Å². The second kappa shape index (κ2) is 4.84. The molecule has 2 atom stereocenters. The van der Waals surface area contributed by atoms with Crippen LogP contribution in [0.15, 0.2) is 30.3 Å². The van der Waals surface area contributed by atoms with Gasteiger partial charge in [0.1, 0.15) is 0 Å². The van der Waals surface area contributed by atoms with E-state index in [0.717, 1.165) is 28.6 Å². The van der Waals surface area contributed by atoms with E-state index in [4.69, 9.17) is 0 Å². The van der Waals surface area contributed by atoms with Crippen molar-refractivity contribution in [2.75, 3.05) is 0 Å². The molecule has 2 nitrogen and oxygen atoms in total. The van der Waals surface area contributed by atoms with Crippen LogP contribution < -0.4 is 0 Å². The number of benzene rings is 1. The predicted molar refractivity (Wildman–Crippen MR) is 70.9 cm³/mol. The van der Waals surface area contributed by atoms with Crippen molar-refractivity contribution in [3.63, 3.8) is 0 Å². The van der Waals surface area contributed by atoms with Crippen LogP contribution in [0.2, 0.25) is 0 Å². The highest BCUT2D eigenvalue weighted by Gasteiger charge is 2.17. The van der Waals surface area contributed by atoms with E-state index in [2.05, 4.69) is 18.8 Å². The first-order chi connectivity index (χ1) is 8.13. The summed E-state index contributed by atoms with van der Waals surface area (Å²) in [5.41, 5.74) is 2.92. The van der Waals surface area contributed by atoms with Gasteiger partial charge in [-0.1, -0.05) is 38.5 Å². The molecule has 0 amide bonds. The molecule has 1 aromatic carbocycles. The van der Waals surface area contributed by atoms with Crippen LogP contribution in [-0.4, -0.2) is 10.1 Å². The number of hydrogen-bond acceptors (Lipinski definition) is 2. The van der Waals surface area contributed by atoms with Crippen molar-refractivity contribution in [3.8, 4) is 0 Å². The third-order valence-corrected chi connectivity index (χ3v) is 3.38. The van der Waals surface area contributed by atoms with Gasteiger partial charge < -0.3 is 5.11 Å². The SMILES string of the molecule is CCC(C)C(O)c1cc(C)nc2ccccc12. The Kier molecular flexibility index (Phi) is 3.43. The summed E-state index contributed by atoms with van der Waals surface area (Å²) in [4.78, 5) is 4.49. The van der Waals surface area contributed by atoms with Gasteiger partial charge in [-0.2, -0.15) is 0 Å². The lowest BCUT2D eigenvalue weighted by Crippen LogP contribution is -2.09. The van der Waals surface area contributed by atoms with Crippen molar-refractivity contribution in [2.45, 2.75) is 33.3 Å². The number of fused-ring (bicyclic) bond motifs is 1. The zero-order valence-corrected chi connectivity index (χ0v) is 10.6. The summed E-state index contributed by atoms with van der Waals surface area (Å²) in [7, 11) is 0. The largest absolute Gasteiger partial charge is 0.388 e. The summed E-state index contributed by atoms with van der Waals surface area (Å²) < 4.78 is 0. The average Bonchev–Trinajstić information content (AvgIpc) is 2.35. The van der Waals surface area contributed by atoms with Gasteiger partial charge in [0.2, 0.25) is 0 Å². The lowest BCUT2D eigenvalue weighted by Gasteiger charge is -2.19. The number of aliphatic hydroxyl groups excluding tert-OH is 1. The lowest BCUT2D eigenvalue weighted by molar-refractivity contribution is 0.117. The van der Waals surface area contributed by atoms with E-state index in [0.29, 0.717) is 0 Å². The second-order valence-corrected chi connectivity index (χ2v) is 4.70. The van der Waals surface area contributed by atoms with Gasteiger partial charge in [0.05, 0.1) is 11.6 Å². The van der Waals surface area contributed by atoms with Crippen molar-refractivity contribution in [1.29, 1.82) is 0 Å². The van der Waals surface area contributed by atoms with E-state index in [1.165, 1.54) is 0 Å². The van der Waals surface area contributed by atoms with Crippen LogP contribution in [0.4, 0.5) is 0 Å². The minimum absolute atomic E-state index is 0.264. The molecule has 0 fully saturated rings. The normalized spacial score (nSPS) is 14.8. The first-order valence-electron chi connectivity index (χ1n) is 6.17. The summed E-state index contributed by atoms with van der Waals surface area (Å²) in [6.07, 6.45) is 0.559. The van der Waals surface area contributed by atoms with E-state index in [-0.39, 0.29) is 5.92 Å². The molecule has 2 unspecified atom stereocenters. The van der Waals surface area contributed by atoms with Crippen molar-refractivity contribution in [1.82, 2.24) is 4.98 Å². The highest BCUT2D eigenvalue weighted by atomic mass is 16.3. The molecule has 0 saturated heterocycles. The number of rotatable bonds is 3. The Morgan fingerprint density at radius 3 is 2.71 bits per heavy atom. The van der Waals surface area contributed by atoms with E-state index >= 15 is 0 Å². The molecule has 2 aromatic rings. The molecule has 0 saturated carbocycles. The third-order valence-electron chi connectivity index (χ3n) is 3.38. The molecule has 0 spiro atoms. The fourth-order valence-electron chi connectivity index (χ4n) is 2.11. The Balaban J connectivity index is 2.59. The molecule has 1 heterocycles. The molecule has 17 heavy (non-hydrogen) atoms. The molecule has 2 rings (SSSR count). The van der Waals surface area contributed by atoms with Crippen molar-refractivity contribution in [3.05, 3.63) is 41.6 Å². The fraction of sp³-hybridized carbons (Fsp3) is 0.400. The Labute approximate surface area is 102 Å². The van der Waals surface area contributed by atoms with E-state index in [9.17, 15) is 5.11 Å². The van der Waals surface area contributed by atoms with E-state index in [1.807, 2.05) is 37.3 Å². The lowest BCUT2D eigenvalue weighted by atomic mass is 9.92. The molecule has 1 aromatic heterocycles. The molecular weight excluding hydrogens is 210 g/mol. The monoisotopic (exact) mass is 229 g/mol. The Hall–Kier alpha value is -1.41. The summed E-state index contributed by atoms with van der Waals surface area (Å²) in [6, 6.07) is 10.00. The Morgan fingerprint density at radius 1 is 1.29 bits per heavy atom. The van der Waals surface area contributed by atoms with Gasteiger partial charge in [0.25, 0.3) is 0 Å². The highest BCUT2D eigenvalue weighted by molar-refractivity contribution is 5.82. The smallest absolute Gasteiger partial charge is 0.0822 e. The third kappa shape index (κ3) is 2.32. The number of nitrogens with zero attached hydrogens (tertiary/aromatic N) is 1. The molecule has 0 aliphatic carbocycles. The molecule has 0 bridgehead atoms. The molecule has 90 valence electrons. The summed E-state index contributed by atoms with van der Waals surface area (Å²) in [5, 5.41) is 11.4. The maximum Gasteiger partial charge on any atom is 0.0822 e. The zero-order valence-electron chi connectivity index (χ0n) is 10.6. The van der Waals surface area contributed by atoms with Crippen LogP contribution in [-0.2, 0) is 0 Å². The molecule has 0 radical (unpaired) electrons. The van der Waals surface area contributed by atoms with Gasteiger partial charge in [-0.3, -0.25) is 4.98 Å². The van der Waals surface area contributed by atoms with E-state index < -0.39 is 6.10 Å². The van der Waals surface area contributed by atoms with Crippen molar-refractivity contribution in [2.24, 2.45) is 5.92 Å². The van der Waals surface area contributed by atoms with Gasteiger partial charge in [-0.15, -0.1) is 0 Å². The maximum atomic E-state index is 10.4. The zero-order chi connectivity index (χ0) is 12.4. The molecular formula is C15H19NO. The van der Waals surface area contributed by atoms with Crippen LogP contribution in [0.5, 0.6) is 0 Å². The minimum atomic E-state index is -0.411. The van der Waals surface area contributed by atoms with Gasteiger partial charge in [0, 0.05) is 11.1 Å². The van der Waals surface area contributed by atoms with Crippen LogP contribution in [0.3, 0.4) is 0 Å². The van der Waals surface area contributed by atoms with Gasteiger partial charge in [-0.25, -0.2) is 0 Å². The van der Waals surface area contributed by atoms with E-state index in [1.54, 1.807) is 0 Å². The summed E-state index contributed by atoms with van der Waals surface area (Å²) in [6.45, 7) is 6.15. The maximum absolute atomic E-state index is 10.4. The van der Waals surface area contributed by atoms with Crippen LogP contribution in [0, 0.1) is 12.8 Å². The first-order valence-corrected chi connectivity index (χ1v) is 6.17. The highest BCUT2D eigenvalue weighted by Crippen LogP contribution is 2.30. The van der Waals surface area contributed by atoms with Crippen LogP contribution >= 0.6 is 0 Å². The Morgan fingerprint density at radius 2 is 2.00 bits per heavy atom. The topological polar surface area (TPSA) is 33.1 Å². The summed E-state index contributed by atoms with van der Waals surface area (Å²) in [5.74, 6) is 0.264. The molecule has 0 aliphatic rings. The van der Waals surface area contributed by atoms with Crippen LogP contribution in [0.25, 0.3) is 10.9 Å². The fourth-order valence-corrected chi connectivity index (χ4v) is 2.11. The first kappa shape index (κ1) is 12.1. The van der Waals surface area contributed by atoms with Crippen molar-refractivity contribution >= 4 is 10.9 Å². The molecule has 2 heteroatoms. The second-order valence-electron chi connectivity index (χ2n) is 4.70. The molecule has 1 N–H and O–H groups in total. The number of para-hydroxylation sites is 1. The van der Waals surface area contributed by atoms with Crippen LogP contribution in [0.1, 0.15) is 37.6 Å². The summed E-state index contributed by atoms with van der Waals surface area (Å²) >= 11 is 0. The minimum Gasteiger partial charge on any atom is -0.388 e.